The summed E-state index contributed by atoms with van der Waals surface area (Å²) in [6.45, 7) is 6.56. The van der Waals surface area contributed by atoms with Gasteiger partial charge in [0.15, 0.2) is 0 Å². The van der Waals surface area contributed by atoms with Crippen molar-refractivity contribution in [2.75, 3.05) is 79.1 Å². The van der Waals surface area contributed by atoms with Crippen molar-refractivity contribution >= 4 is 21.5 Å². The molecule has 3 rings (SSSR count). The third kappa shape index (κ3) is 11.0. The molecule has 206 valence electrons. The quantitative estimate of drug-likeness (QED) is 0.108. The highest BCUT2D eigenvalue weighted by molar-refractivity contribution is 6.05. The predicted octanol–water partition coefficient (Wildman–Crippen LogP) is 1.14. The monoisotopic (exact) mass is 517 g/mol. The summed E-state index contributed by atoms with van der Waals surface area (Å²) in [6.07, 6.45) is 0. The molecule has 37 heavy (non-hydrogen) atoms. The van der Waals surface area contributed by atoms with E-state index in [9.17, 15) is 0 Å². The zero-order chi connectivity index (χ0) is 26.6. The summed E-state index contributed by atoms with van der Waals surface area (Å²) >= 11 is 0. The first kappa shape index (κ1) is 31.0. The van der Waals surface area contributed by atoms with Crippen LogP contribution in [-0.4, -0.2) is 94.4 Å². The lowest BCUT2D eigenvalue weighted by Gasteiger charge is -2.18. The molecule has 0 heterocycles. The van der Waals surface area contributed by atoms with E-state index in [4.69, 9.17) is 35.3 Å². The van der Waals surface area contributed by atoms with Crippen LogP contribution >= 0.6 is 0 Å². The van der Waals surface area contributed by atoms with Gasteiger partial charge in [0.05, 0.1) is 59.5 Å². The van der Waals surface area contributed by atoms with Crippen molar-refractivity contribution in [2.24, 2.45) is 5.73 Å². The van der Waals surface area contributed by atoms with Crippen molar-refractivity contribution < 1.29 is 29.5 Å². The second-order valence-corrected chi connectivity index (χ2v) is 8.20. The smallest absolute Gasteiger partial charge is 0.0698 e. The molecule has 0 aliphatic heterocycles. The van der Waals surface area contributed by atoms with Crippen molar-refractivity contribution in [3.63, 3.8) is 0 Å². The van der Waals surface area contributed by atoms with Crippen LogP contribution in [0.25, 0.3) is 21.5 Å². The molecule has 0 unspecified atom stereocenters. The van der Waals surface area contributed by atoms with E-state index < -0.39 is 0 Å². The first-order valence-electron chi connectivity index (χ1n) is 12.9. The van der Waals surface area contributed by atoms with Crippen molar-refractivity contribution in [3.05, 3.63) is 59.7 Å². The number of hydrogen-bond donors (Lipinski definition) is 6. The highest BCUT2D eigenvalue weighted by Crippen LogP contribution is 2.33. The summed E-state index contributed by atoms with van der Waals surface area (Å²) in [7, 11) is 0. The largest absolute Gasteiger partial charge is 0.394 e. The minimum Gasteiger partial charge on any atom is -0.394 e. The van der Waals surface area contributed by atoms with E-state index in [0.717, 1.165) is 26.2 Å². The third-order valence-corrected chi connectivity index (χ3v) is 5.57. The Morgan fingerprint density at radius 3 is 1.22 bits per heavy atom. The van der Waals surface area contributed by atoms with Gasteiger partial charge >= 0.3 is 0 Å². The van der Waals surface area contributed by atoms with Crippen molar-refractivity contribution in [3.8, 4) is 0 Å². The molecule has 0 saturated carbocycles. The van der Waals surface area contributed by atoms with E-state index in [1.807, 2.05) is 0 Å². The summed E-state index contributed by atoms with van der Waals surface area (Å²) in [5.74, 6) is 0. The lowest BCUT2D eigenvalue weighted by molar-refractivity contribution is 0.0938. The van der Waals surface area contributed by atoms with Gasteiger partial charge in [-0.3, -0.25) is 0 Å². The number of benzene rings is 3. The SMILES string of the molecule is NCCOCCO.OCCOCCNCc1c2ccccc2c(CNCCOCCO)c2ccccc12. The van der Waals surface area contributed by atoms with Crippen molar-refractivity contribution in [1.82, 2.24) is 10.6 Å². The molecule has 0 fully saturated rings. The van der Waals surface area contributed by atoms with Crippen LogP contribution in [0.4, 0.5) is 0 Å². The minimum atomic E-state index is 0.0539. The number of aliphatic hydroxyl groups excluding tert-OH is 3. The maximum absolute atomic E-state index is 8.81. The van der Waals surface area contributed by atoms with Crippen molar-refractivity contribution in [1.29, 1.82) is 0 Å². The topological polar surface area (TPSA) is 138 Å². The molecule has 0 atom stereocenters. The molecule has 0 aliphatic carbocycles. The minimum absolute atomic E-state index is 0.0539. The van der Waals surface area contributed by atoms with Crippen LogP contribution in [0.5, 0.6) is 0 Å². The molecule has 3 aromatic rings. The first-order valence-corrected chi connectivity index (χ1v) is 12.9. The highest BCUT2D eigenvalue weighted by atomic mass is 16.5. The summed E-state index contributed by atoms with van der Waals surface area (Å²) in [5.41, 5.74) is 7.64. The van der Waals surface area contributed by atoms with Gasteiger partial charge in [0.25, 0.3) is 0 Å². The van der Waals surface area contributed by atoms with E-state index in [1.54, 1.807) is 0 Å². The molecule has 7 N–H and O–H groups in total. The Morgan fingerprint density at radius 2 is 0.892 bits per heavy atom. The van der Waals surface area contributed by atoms with Crippen LogP contribution in [0.15, 0.2) is 48.5 Å². The Labute approximate surface area is 219 Å². The first-order chi connectivity index (χ1) is 18.3. The summed E-state index contributed by atoms with van der Waals surface area (Å²) in [4.78, 5) is 0. The Morgan fingerprint density at radius 1 is 0.541 bits per heavy atom. The standard InChI is InChI=1S/C24H32N2O4.C4H11NO2/c27-11-15-29-13-9-25-17-23-19-5-1-2-6-20(19)24(18-26-10-14-30-16-12-28)22-8-4-3-7-21(22)23;5-1-3-7-4-2-6/h1-8,25-28H,9-18H2;6H,1-5H2. The van der Waals surface area contributed by atoms with Gasteiger partial charge < -0.3 is 45.9 Å². The maximum atomic E-state index is 8.81. The van der Waals surface area contributed by atoms with Crippen LogP contribution in [0.2, 0.25) is 0 Å². The van der Waals surface area contributed by atoms with Crippen molar-refractivity contribution in [2.45, 2.75) is 13.1 Å². The number of aliphatic hydroxyl groups is 3. The molecule has 0 saturated heterocycles. The molecule has 0 aliphatic rings. The maximum Gasteiger partial charge on any atom is 0.0698 e. The number of hydrogen-bond acceptors (Lipinski definition) is 9. The van der Waals surface area contributed by atoms with E-state index in [-0.39, 0.29) is 19.8 Å². The van der Waals surface area contributed by atoms with Gasteiger partial charge in [0.1, 0.15) is 0 Å². The number of fused-ring (bicyclic) bond motifs is 2. The normalized spacial score (nSPS) is 11.1. The Bertz CT molecular complexity index is 869. The molecule has 9 heteroatoms. The van der Waals surface area contributed by atoms with E-state index in [0.29, 0.717) is 46.2 Å². The molecule has 9 nitrogen and oxygen atoms in total. The Kier molecular flexibility index (Phi) is 16.7. The van der Waals surface area contributed by atoms with Gasteiger partial charge in [-0.05, 0) is 32.7 Å². The Balaban J connectivity index is 0.000000604. The second-order valence-electron chi connectivity index (χ2n) is 8.20. The summed E-state index contributed by atoms with van der Waals surface area (Å²) in [6, 6.07) is 17.1. The lowest BCUT2D eigenvalue weighted by atomic mass is 9.91. The zero-order valence-corrected chi connectivity index (χ0v) is 21.7. The molecule has 0 bridgehead atoms. The summed E-state index contributed by atoms with van der Waals surface area (Å²) < 4.78 is 15.5. The molecule has 0 radical (unpaired) electrons. The number of rotatable bonds is 18. The zero-order valence-electron chi connectivity index (χ0n) is 21.7. The van der Waals surface area contributed by atoms with E-state index >= 15 is 0 Å². The van der Waals surface area contributed by atoms with E-state index in [1.165, 1.54) is 32.7 Å². The average molecular weight is 518 g/mol. The second kappa shape index (κ2) is 19.9. The molecule has 3 aromatic carbocycles. The summed E-state index contributed by atoms with van der Waals surface area (Å²) in [5, 5.41) is 37.7. The fourth-order valence-electron chi connectivity index (χ4n) is 3.99. The molecular weight excluding hydrogens is 474 g/mol. The average Bonchev–Trinajstić information content (AvgIpc) is 2.93. The van der Waals surface area contributed by atoms with Gasteiger partial charge in [0, 0.05) is 32.7 Å². The van der Waals surface area contributed by atoms with Crippen LogP contribution in [-0.2, 0) is 27.3 Å². The number of nitrogens with one attached hydrogen (secondary N) is 2. The molecular formula is C28H43N3O6. The number of ether oxygens (including phenoxy) is 3. The van der Waals surface area contributed by atoms with Crippen LogP contribution in [0.1, 0.15) is 11.1 Å². The molecule has 0 amide bonds. The molecule has 0 aromatic heterocycles. The highest BCUT2D eigenvalue weighted by Gasteiger charge is 2.13. The van der Waals surface area contributed by atoms with Crippen LogP contribution in [0.3, 0.4) is 0 Å². The third-order valence-electron chi connectivity index (χ3n) is 5.57. The van der Waals surface area contributed by atoms with Gasteiger partial charge in [-0.25, -0.2) is 0 Å². The van der Waals surface area contributed by atoms with Crippen LogP contribution < -0.4 is 16.4 Å². The molecule has 0 spiro atoms. The van der Waals surface area contributed by atoms with E-state index in [2.05, 4.69) is 59.2 Å². The lowest BCUT2D eigenvalue weighted by Crippen LogP contribution is -2.21. The van der Waals surface area contributed by atoms with Crippen LogP contribution in [0, 0.1) is 0 Å². The van der Waals surface area contributed by atoms with Gasteiger partial charge in [0.2, 0.25) is 0 Å². The van der Waals surface area contributed by atoms with Gasteiger partial charge in [-0.1, -0.05) is 48.5 Å². The van der Waals surface area contributed by atoms with Gasteiger partial charge in [-0.2, -0.15) is 0 Å². The predicted molar refractivity (Wildman–Crippen MR) is 148 cm³/mol. The fourth-order valence-corrected chi connectivity index (χ4v) is 3.99. The fraction of sp³-hybridized carbons (Fsp3) is 0.500. The Hall–Kier alpha value is -2.18. The van der Waals surface area contributed by atoms with Gasteiger partial charge in [-0.15, -0.1) is 0 Å². The number of nitrogens with two attached hydrogens (primary N) is 1.